The predicted octanol–water partition coefficient (Wildman–Crippen LogP) is 19.9. The highest BCUT2D eigenvalue weighted by Gasteiger charge is 2.19. The van der Waals surface area contributed by atoms with Gasteiger partial charge in [-0.15, -0.1) is 0 Å². The van der Waals surface area contributed by atoms with Gasteiger partial charge < -0.3 is 14.2 Å². The van der Waals surface area contributed by atoms with Crippen LogP contribution in [0.25, 0.3) is 0 Å². The highest BCUT2D eigenvalue weighted by Crippen LogP contribution is 2.09. The Morgan fingerprint density at radius 2 is 0.547 bits per heavy atom. The highest BCUT2D eigenvalue weighted by atomic mass is 16.6. The largest absolute Gasteiger partial charge is 0.462 e. The highest BCUT2D eigenvalue weighted by molar-refractivity contribution is 5.71. The summed E-state index contributed by atoms with van der Waals surface area (Å²) in [5, 5.41) is 0. The molecule has 414 valence electrons. The normalized spacial score (nSPS) is 13.6. The zero-order valence-electron chi connectivity index (χ0n) is 47.2. The quantitative estimate of drug-likeness (QED) is 0.0261. The lowest BCUT2D eigenvalue weighted by Crippen LogP contribution is -2.30. The third-order valence-corrected chi connectivity index (χ3v) is 11.1. The molecule has 0 bridgehead atoms. The molecule has 75 heavy (non-hydrogen) atoms. The molecule has 1 atom stereocenters. The maximum Gasteiger partial charge on any atom is 0.306 e. The first-order chi connectivity index (χ1) is 37.0. The zero-order valence-corrected chi connectivity index (χ0v) is 47.2. The molecule has 6 nitrogen and oxygen atoms in total. The van der Waals surface area contributed by atoms with Crippen molar-refractivity contribution < 1.29 is 28.6 Å². The SMILES string of the molecule is CC/C=C\C/C=C\C/C=C\C/C=C\C/C=C\C/C=C\CCC(=O)OC[C@H](COC(=O)CCCCC/C=C\C/C=C\C/C=C\C/C=C\C/C=C\CC)OC(=O)CC/C=C\C/C=C\C/C=C\C/C=C\C/C=C\CCCCC. The Morgan fingerprint density at radius 3 is 0.867 bits per heavy atom. The van der Waals surface area contributed by atoms with E-state index in [0.29, 0.717) is 19.3 Å². The maximum atomic E-state index is 12.8. The van der Waals surface area contributed by atoms with Crippen molar-refractivity contribution in [2.45, 2.75) is 207 Å². The van der Waals surface area contributed by atoms with Crippen LogP contribution in [0.15, 0.2) is 194 Å². The van der Waals surface area contributed by atoms with Crippen LogP contribution >= 0.6 is 0 Å². The van der Waals surface area contributed by atoms with Crippen molar-refractivity contribution >= 4 is 17.9 Å². The van der Waals surface area contributed by atoms with Crippen LogP contribution in [0.1, 0.15) is 201 Å². The second-order valence-electron chi connectivity index (χ2n) is 18.1. The fraction of sp³-hybridized carbons (Fsp3) is 0.493. The molecule has 0 aromatic heterocycles. The summed E-state index contributed by atoms with van der Waals surface area (Å²) in [6.07, 6.45) is 93.0. The van der Waals surface area contributed by atoms with Crippen molar-refractivity contribution in [2.24, 2.45) is 0 Å². The molecule has 0 fully saturated rings. The fourth-order valence-corrected chi connectivity index (χ4v) is 6.83. The third-order valence-electron chi connectivity index (χ3n) is 11.1. The molecule has 0 spiro atoms. The molecule has 0 heterocycles. The van der Waals surface area contributed by atoms with Crippen LogP contribution in [0.5, 0.6) is 0 Å². The Morgan fingerprint density at radius 1 is 0.280 bits per heavy atom. The number of esters is 3. The average Bonchev–Trinajstić information content (AvgIpc) is 3.41. The van der Waals surface area contributed by atoms with E-state index in [1.54, 1.807) is 0 Å². The van der Waals surface area contributed by atoms with Crippen molar-refractivity contribution in [1.29, 1.82) is 0 Å². The molecule has 0 N–H and O–H groups in total. The van der Waals surface area contributed by atoms with Crippen LogP contribution in [0.2, 0.25) is 0 Å². The van der Waals surface area contributed by atoms with Crippen LogP contribution in [-0.4, -0.2) is 37.2 Å². The van der Waals surface area contributed by atoms with E-state index in [1.807, 2.05) is 24.3 Å². The summed E-state index contributed by atoms with van der Waals surface area (Å²) < 4.78 is 16.7. The minimum absolute atomic E-state index is 0.160. The molecule has 0 aliphatic carbocycles. The van der Waals surface area contributed by atoms with Crippen LogP contribution in [0.4, 0.5) is 0 Å². The van der Waals surface area contributed by atoms with Gasteiger partial charge in [-0.1, -0.05) is 234 Å². The maximum absolute atomic E-state index is 12.8. The van der Waals surface area contributed by atoms with Crippen molar-refractivity contribution in [3.05, 3.63) is 194 Å². The van der Waals surface area contributed by atoms with Gasteiger partial charge in [0.15, 0.2) is 6.10 Å². The van der Waals surface area contributed by atoms with E-state index in [-0.39, 0.29) is 38.4 Å². The van der Waals surface area contributed by atoms with Gasteiger partial charge in [-0.05, 0) is 141 Å². The van der Waals surface area contributed by atoms with Crippen molar-refractivity contribution in [2.75, 3.05) is 13.2 Å². The number of hydrogen-bond donors (Lipinski definition) is 0. The summed E-state index contributed by atoms with van der Waals surface area (Å²) in [6, 6.07) is 0. The van der Waals surface area contributed by atoms with Crippen LogP contribution in [0.3, 0.4) is 0 Å². The van der Waals surface area contributed by atoms with E-state index >= 15 is 0 Å². The molecule has 0 aromatic carbocycles. The molecule has 0 aromatic rings. The fourth-order valence-electron chi connectivity index (χ4n) is 6.83. The smallest absolute Gasteiger partial charge is 0.306 e. The van der Waals surface area contributed by atoms with Crippen LogP contribution in [0, 0.1) is 0 Å². The van der Waals surface area contributed by atoms with Gasteiger partial charge >= 0.3 is 17.9 Å². The Bertz CT molecular complexity index is 1850. The number of ether oxygens (including phenoxy) is 3. The molecule has 0 aliphatic heterocycles. The first-order valence-corrected chi connectivity index (χ1v) is 28.9. The molecule has 0 saturated carbocycles. The number of carbonyl (C=O) groups excluding carboxylic acids is 3. The molecule has 0 radical (unpaired) electrons. The molecular formula is C69H102O6. The molecule has 0 amide bonds. The number of rotatable bonds is 49. The minimum atomic E-state index is -0.876. The summed E-state index contributed by atoms with van der Waals surface area (Å²) >= 11 is 0. The van der Waals surface area contributed by atoms with E-state index in [0.717, 1.165) is 116 Å². The summed E-state index contributed by atoms with van der Waals surface area (Å²) in [6.45, 7) is 6.20. The van der Waals surface area contributed by atoms with Gasteiger partial charge in [0.2, 0.25) is 0 Å². The van der Waals surface area contributed by atoms with Gasteiger partial charge in [0.05, 0.1) is 0 Å². The second-order valence-corrected chi connectivity index (χ2v) is 18.1. The van der Waals surface area contributed by atoms with E-state index in [1.165, 1.54) is 25.7 Å². The third kappa shape index (κ3) is 59.0. The monoisotopic (exact) mass is 1030 g/mol. The first-order valence-electron chi connectivity index (χ1n) is 28.9. The van der Waals surface area contributed by atoms with Crippen LogP contribution < -0.4 is 0 Å². The lowest BCUT2D eigenvalue weighted by Gasteiger charge is -2.18. The number of allylic oxidation sites excluding steroid dienone is 32. The molecule has 0 unspecified atom stereocenters. The van der Waals surface area contributed by atoms with Crippen molar-refractivity contribution in [3.8, 4) is 0 Å². The van der Waals surface area contributed by atoms with Crippen molar-refractivity contribution in [3.63, 3.8) is 0 Å². The summed E-state index contributed by atoms with van der Waals surface area (Å²) in [5.74, 6) is -1.17. The molecule has 0 aliphatic rings. The van der Waals surface area contributed by atoms with E-state index in [2.05, 4.69) is 191 Å². The summed E-state index contributed by atoms with van der Waals surface area (Å²) in [5.41, 5.74) is 0. The Balaban J connectivity index is 4.72. The Labute approximate surface area is 458 Å². The minimum Gasteiger partial charge on any atom is -0.462 e. The second kappa shape index (κ2) is 60.8. The van der Waals surface area contributed by atoms with Gasteiger partial charge in [-0.3, -0.25) is 14.4 Å². The number of unbranched alkanes of at least 4 members (excludes halogenated alkanes) is 6. The lowest BCUT2D eigenvalue weighted by atomic mass is 10.1. The number of hydrogen-bond acceptors (Lipinski definition) is 6. The van der Waals surface area contributed by atoms with E-state index in [4.69, 9.17) is 14.2 Å². The zero-order chi connectivity index (χ0) is 54.3. The lowest BCUT2D eigenvalue weighted by molar-refractivity contribution is -0.166. The van der Waals surface area contributed by atoms with E-state index in [9.17, 15) is 14.4 Å². The molecule has 0 rings (SSSR count). The van der Waals surface area contributed by atoms with Gasteiger partial charge in [0.1, 0.15) is 13.2 Å². The van der Waals surface area contributed by atoms with Gasteiger partial charge in [0, 0.05) is 19.3 Å². The van der Waals surface area contributed by atoms with Gasteiger partial charge in [0.25, 0.3) is 0 Å². The Kier molecular flexibility index (Phi) is 56.1. The average molecular weight is 1030 g/mol. The predicted molar refractivity (Wildman–Crippen MR) is 324 cm³/mol. The molecule has 6 heteroatoms. The summed E-state index contributed by atoms with van der Waals surface area (Å²) in [7, 11) is 0. The Hall–Kier alpha value is -5.75. The standard InChI is InChI=1S/C69H102O6/c1-4-7-10-13-16-19-22-25-28-31-34-37-40-43-46-49-52-55-58-61-67(70)73-64-66(75-69(72)63-60-57-54-51-48-45-42-39-36-33-30-27-24-21-18-15-12-9-6-3)65-74-68(71)62-59-56-53-50-47-44-41-38-35-32-29-26-23-20-17-14-11-8-5-2/h7-8,10-11,16-21,25-30,34-39,43-48,52,54-55,57,66H,4-6,9,12-15,22-24,31-33,40-42,49-51,53,56,58-65H2,1-3H3/b10-7-,11-8-,19-16-,20-17-,21-18-,28-25-,29-26-,30-27-,37-34-,38-35-,39-36-,46-43-,47-44-,48-45-,55-52-,57-54-/t66-/m1/s1. The first kappa shape index (κ1) is 69.2. The van der Waals surface area contributed by atoms with E-state index < -0.39 is 18.0 Å². The van der Waals surface area contributed by atoms with Crippen LogP contribution in [-0.2, 0) is 28.6 Å². The van der Waals surface area contributed by atoms with Crippen molar-refractivity contribution in [1.82, 2.24) is 0 Å². The molecular weight excluding hydrogens is 925 g/mol. The molecule has 0 saturated heterocycles. The summed E-state index contributed by atoms with van der Waals surface area (Å²) in [4.78, 5) is 38.1. The topological polar surface area (TPSA) is 78.9 Å². The van der Waals surface area contributed by atoms with Gasteiger partial charge in [-0.2, -0.15) is 0 Å². The van der Waals surface area contributed by atoms with Gasteiger partial charge in [-0.25, -0.2) is 0 Å². The number of carbonyl (C=O) groups is 3.